The second-order valence-corrected chi connectivity index (χ2v) is 5.53. The maximum atomic E-state index is 5.29. The van der Waals surface area contributed by atoms with Gasteiger partial charge < -0.3 is 10.1 Å². The van der Waals surface area contributed by atoms with Crippen LogP contribution in [0.1, 0.15) is 45.7 Å². The quantitative estimate of drug-likeness (QED) is 0.838. The molecule has 0 fully saturated rings. The van der Waals surface area contributed by atoms with E-state index in [4.69, 9.17) is 4.74 Å². The Bertz CT molecular complexity index is 341. The number of hydrogen-bond donors (Lipinski definition) is 1. The van der Waals surface area contributed by atoms with Gasteiger partial charge in [-0.15, -0.1) is 0 Å². The number of benzene rings is 1. The van der Waals surface area contributed by atoms with Crippen LogP contribution in [0, 0.1) is 5.41 Å². The lowest BCUT2D eigenvalue weighted by molar-refractivity contribution is 0.272. The standard InChI is InChI=1S/C15H25NO/c1-6-10-16-14(15(2,3)4)12-8-7-9-13(11-12)17-5/h7-9,11,14,16H,6,10H2,1-5H3. The summed E-state index contributed by atoms with van der Waals surface area (Å²) in [6.07, 6.45) is 1.15. The van der Waals surface area contributed by atoms with Gasteiger partial charge in [0, 0.05) is 6.04 Å². The van der Waals surface area contributed by atoms with Crippen molar-refractivity contribution in [3.8, 4) is 5.75 Å². The van der Waals surface area contributed by atoms with E-state index >= 15 is 0 Å². The van der Waals surface area contributed by atoms with Crippen molar-refractivity contribution in [1.82, 2.24) is 5.32 Å². The third-order valence-electron chi connectivity index (χ3n) is 2.89. The fraction of sp³-hybridized carbons (Fsp3) is 0.600. The molecule has 0 spiro atoms. The highest BCUT2D eigenvalue weighted by Gasteiger charge is 2.25. The van der Waals surface area contributed by atoms with Crippen molar-refractivity contribution in [2.24, 2.45) is 5.41 Å². The molecule has 96 valence electrons. The van der Waals surface area contributed by atoms with Crippen molar-refractivity contribution in [3.05, 3.63) is 29.8 Å². The summed E-state index contributed by atoms with van der Waals surface area (Å²) in [7, 11) is 1.71. The van der Waals surface area contributed by atoms with Crippen LogP contribution < -0.4 is 10.1 Å². The van der Waals surface area contributed by atoms with Gasteiger partial charge in [0.25, 0.3) is 0 Å². The van der Waals surface area contributed by atoms with E-state index in [1.165, 1.54) is 5.56 Å². The lowest BCUT2D eigenvalue weighted by Gasteiger charge is -2.32. The third-order valence-corrected chi connectivity index (χ3v) is 2.89. The summed E-state index contributed by atoms with van der Waals surface area (Å²) in [5.41, 5.74) is 1.49. The van der Waals surface area contributed by atoms with E-state index < -0.39 is 0 Å². The number of nitrogens with one attached hydrogen (secondary N) is 1. The van der Waals surface area contributed by atoms with Crippen LogP contribution in [0.25, 0.3) is 0 Å². The minimum absolute atomic E-state index is 0.196. The fourth-order valence-corrected chi connectivity index (χ4v) is 2.03. The Kier molecular flexibility index (Phi) is 5.01. The van der Waals surface area contributed by atoms with Gasteiger partial charge in [-0.05, 0) is 36.1 Å². The first-order valence-corrected chi connectivity index (χ1v) is 6.36. The van der Waals surface area contributed by atoms with Crippen LogP contribution in [0.5, 0.6) is 5.75 Å². The van der Waals surface area contributed by atoms with E-state index in [-0.39, 0.29) is 5.41 Å². The Morgan fingerprint density at radius 2 is 2.00 bits per heavy atom. The molecule has 1 N–H and O–H groups in total. The average Bonchev–Trinajstić information content (AvgIpc) is 2.28. The molecule has 2 nitrogen and oxygen atoms in total. The summed E-state index contributed by atoms with van der Waals surface area (Å²) in [5.74, 6) is 0.926. The minimum atomic E-state index is 0.196. The molecule has 1 unspecified atom stereocenters. The zero-order valence-electron chi connectivity index (χ0n) is 11.7. The molecule has 0 amide bonds. The molecule has 0 saturated heterocycles. The first kappa shape index (κ1) is 14.0. The Hall–Kier alpha value is -1.02. The van der Waals surface area contributed by atoms with Crippen LogP contribution in [-0.2, 0) is 0 Å². The van der Waals surface area contributed by atoms with Crippen molar-refractivity contribution in [3.63, 3.8) is 0 Å². The lowest BCUT2D eigenvalue weighted by Crippen LogP contribution is -2.32. The van der Waals surface area contributed by atoms with E-state index in [2.05, 4.69) is 51.2 Å². The van der Waals surface area contributed by atoms with Crippen molar-refractivity contribution in [2.45, 2.75) is 40.2 Å². The van der Waals surface area contributed by atoms with Crippen molar-refractivity contribution in [1.29, 1.82) is 0 Å². The van der Waals surface area contributed by atoms with E-state index in [9.17, 15) is 0 Å². The highest BCUT2D eigenvalue weighted by atomic mass is 16.5. The molecular weight excluding hydrogens is 210 g/mol. The average molecular weight is 235 g/mol. The molecule has 0 saturated carbocycles. The monoisotopic (exact) mass is 235 g/mol. The topological polar surface area (TPSA) is 21.3 Å². The first-order chi connectivity index (χ1) is 7.99. The smallest absolute Gasteiger partial charge is 0.119 e. The van der Waals surface area contributed by atoms with Crippen molar-refractivity contribution >= 4 is 0 Å². The maximum absolute atomic E-state index is 5.29. The maximum Gasteiger partial charge on any atom is 0.119 e. The molecule has 1 rings (SSSR count). The molecule has 0 bridgehead atoms. The Balaban J connectivity index is 2.95. The lowest BCUT2D eigenvalue weighted by atomic mass is 9.82. The zero-order valence-corrected chi connectivity index (χ0v) is 11.7. The fourth-order valence-electron chi connectivity index (χ4n) is 2.03. The van der Waals surface area contributed by atoms with Gasteiger partial charge in [0.1, 0.15) is 5.75 Å². The minimum Gasteiger partial charge on any atom is -0.497 e. The summed E-state index contributed by atoms with van der Waals surface area (Å²) in [6, 6.07) is 8.70. The van der Waals surface area contributed by atoms with E-state index in [1.54, 1.807) is 7.11 Å². The van der Waals surface area contributed by atoms with Gasteiger partial charge in [-0.3, -0.25) is 0 Å². The van der Waals surface area contributed by atoms with Crippen LogP contribution >= 0.6 is 0 Å². The molecule has 1 aromatic rings. The van der Waals surface area contributed by atoms with Gasteiger partial charge in [-0.1, -0.05) is 39.8 Å². The summed E-state index contributed by atoms with van der Waals surface area (Å²) in [6.45, 7) is 10.0. The summed E-state index contributed by atoms with van der Waals surface area (Å²) in [4.78, 5) is 0. The van der Waals surface area contributed by atoms with Crippen molar-refractivity contribution < 1.29 is 4.74 Å². The number of hydrogen-bond acceptors (Lipinski definition) is 2. The van der Waals surface area contributed by atoms with Crippen molar-refractivity contribution in [2.75, 3.05) is 13.7 Å². The van der Waals surface area contributed by atoms with Crippen LogP contribution in [-0.4, -0.2) is 13.7 Å². The third kappa shape index (κ3) is 4.04. The summed E-state index contributed by atoms with van der Waals surface area (Å²) < 4.78 is 5.29. The first-order valence-electron chi connectivity index (χ1n) is 6.36. The molecule has 0 aliphatic heterocycles. The Morgan fingerprint density at radius 3 is 2.53 bits per heavy atom. The zero-order chi connectivity index (χ0) is 12.9. The molecule has 0 aromatic heterocycles. The predicted molar refractivity (Wildman–Crippen MR) is 73.5 cm³/mol. The highest BCUT2D eigenvalue weighted by molar-refractivity contribution is 5.31. The van der Waals surface area contributed by atoms with Gasteiger partial charge in [0.2, 0.25) is 0 Å². The second-order valence-electron chi connectivity index (χ2n) is 5.53. The van der Waals surface area contributed by atoms with Gasteiger partial charge in [0.15, 0.2) is 0 Å². The van der Waals surface area contributed by atoms with E-state index in [1.807, 2.05) is 6.07 Å². The molecule has 0 aliphatic carbocycles. The Labute approximate surface area is 105 Å². The predicted octanol–water partition coefficient (Wildman–Crippen LogP) is 3.78. The van der Waals surface area contributed by atoms with Gasteiger partial charge in [-0.25, -0.2) is 0 Å². The number of ether oxygens (including phenoxy) is 1. The second kappa shape index (κ2) is 6.06. The van der Waals surface area contributed by atoms with Gasteiger partial charge >= 0.3 is 0 Å². The molecule has 1 aromatic carbocycles. The molecule has 0 heterocycles. The molecular formula is C15H25NO. The molecule has 1 atom stereocenters. The number of rotatable bonds is 5. The van der Waals surface area contributed by atoms with Crippen LogP contribution in [0.3, 0.4) is 0 Å². The van der Waals surface area contributed by atoms with E-state index in [0.29, 0.717) is 6.04 Å². The highest BCUT2D eigenvalue weighted by Crippen LogP contribution is 2.33. The number of methoxy groups -OCH3 is 1. The van der Waals surface area contributed by atoms with Crippen LogP contribution in [0.2, 0.25) is 0 Å². The molecule has 0 radical (unpaired) electrons. The molecule has 17 heavy (non-hydrogen) atoms. The largest absolute Gasteiger partial charge is 0.497 e. The Morgan fingerprint density at radius 1 is 1.29 bits per heavy atom. The van der Waals surface area contributed by atoms with Gasteiger partial charge in [-0.2, -0.15) is 0 Å². The summed E-state index contributed by atoms with van der Waals surface area (Å²) >= 11 is 0. The normalized spacial score (nSPS) is 13.5. The van der Waals surface area contributed by atoms with Gasteiger partial charge in [0.05, 0.1) is 7.11 Å². The van der Waals surface area contributed by atoms with E-state index in [0.717, 1.165) is 18.7 Å². The molecule has 2 heteroatoms. The SMILES string of the molecule is CCCNC(c1cccc(OC)c1)C(C)(C)C. The van der Waals surface area contributed by atoms with Crippen LogP contribution in [0.4, 0.5) is 0 Å². The molecule has 0 aliphatic rings. The van der Waals surface area contributed by atoms with Crippen LogP contribution in [0.15, 0.2) is 24.3 Å². The summed E-state index contributed by atoms with van der Waals surface area (Å²) in [5, 5.41) is 3.62.